The molecule has 0 N–H and O–H groups in total. The first-order valence-corrected chi connectivity index (χ1v) is 10.8. The molecule has 2 saturated heterocycles. The Labute approximate surface area is 181 Å². The van der Waals surface area contributed by atoms with Crippen molar-refractivity contribution in [3.8, 4) is 0 Å². The quantitative estimate of drug-likeness (QED) is 0.653. The predicted octanol–water partition coefficient (Wildman–Crippen LogP) is 2.72. The van der Waals surface area contributed by atoms with Crippen molar-refractivity contribution in [1.29, 1.82) is 0 Å². The second-order valence-electron chi connectivity index (χ2n) is 8.23. The predicted molar refractivity (Wildman–Crippen MR) is 118 cm³/mol. The molecule has 0 spiro atoms. The highest BCUT2D eigenvalue weighted by Gasteiger charge is 2.35. The minimum atomic E-state index is -0.0583. The Balaban J connectivity index is 1.47. The third-order valence-corrected chi connectivity index (χ3v) is 6.24. The van der Waals surface area contributed by atoms with E-state index in [0.717, 1.165) is 28.1 Å². The molecule has 2 fully saturated rings. The van der Waals surface area contributed by atoms with Gasteiger partial charge in [0.05, 0.1) is 24.2 Å². The molecule has 1 atom stereocenters. The molecule has 2 aliphatic rings. The highest BCUT2D eigenvalue weighted by atomic mass is 16.5. The molecule has 2 aliphatic heterocycles. The topological polar surface area (TPSA) is 67.7 Å². The van der Waals surface area contributed by atoms with Crippen LogP contribution >= 0.6 is 0 Å². The minimum absolute atomic E-state index is 0.0583. The number of amides is 2. The molecule has 0 saturated carbocycles. The summed E-state index contributed by atoms with van der Waals surface area (Å²) in [6.45, 7) is 5.20. The van der Waals surface area contributed by atoms with E-state index in [1.165, 1.54) is 0 Å². The fourth-order valence-electron chi connectivity index (χ4n) is 4.60. The summed E-state index contributed by atoms with van der Waals surface area (Å²) in [5.41, 5.74) is 3.81. The molecule has 5 rings (SSSR count). The monoisotopic (exact) mass is 418 g/mol. The van der Waals surface area contributed by atoms with E-state index in [9.17, 15) is 9.59 Å². The van der Waals surface area contributed by atoms with E-state index in [1.54, 1.807) is 0 Å². The molecule has 2 aromatic carbocycles. The molecule has 2 amide bonds. The van der Waals surface area contributed by atoms with E-state index >= 15 is 0 Å². The number of nitrogens with zero attached hydrogens (tertiary/aromatic N) is 4. The Hall–Kier alpha value is -3.19. The molecule has 7 heteroatoms. The molecule has 1 aromatic heterocycles. The summed E-state index contributed by atoms with van der Waals surface area (Å²) in [5.74, 6) is 0.912. The van der Waals surface area contributed by atoms with Crippen LogP contribution in [-0.4, -0.2) is 59.1 Å². The number of hydrogen-bond donors (Lipinski definition) is 0. The maximum absolute atomic E-state index is 13.0. The third-order valence-electron chi connectivity index (χ3n) is 6.24. The number of benzene rings is 2. The van der Waals surface area contributed by atoms with Crippen molar-refractivity contribution >= 4 is 28.5 Å². The van der Waals surface area contributed by atoms with E-state index < -0.39 is 0 Å². The number of aryl methyl sites for hydroxylation is 1. The SMILES string of the molecule is Cc1ccccc1N1C[C@H](c2nc3ccccc3n2CC(=O)N2CCOCC2)CC1=O. The van der Waals surface area contributed by atoms with Crippen molar-refractivity contribution < 1.29 is 14.3 Å². The first-order valence-electron chi connectivity index (χ1n) is 10.8. The van der Waals surface area contributed by atoms with Crippen molar-refractivity contribution in [2.24, 2.45) is 0 Å². The number of morpholine rings is 1. The molecule has 31 heavy (non-hydrogen) atoms. The van der Waals surface area contributed by atoms with E-state index in [1.807, 2.05) is 69.8 Å². The summed E-state index contributed by atoms with van der Waals surface area (Å²) in [5, 5.41) is 0. The maximum Gasteiger partial charge on any atom is 0.242 e. The number of carbonyl (C=O) groups is 2. The van der Waals surface area contributed by atoms with Gasteiger partial charge in [0.1, 0.15) is 12.4 Å². The van der Waals surface area contributed by atoms with E-state index in [4.69, 9.17) is 9.72 Å². The molecule has 160 valence electrons. The first kappa shape index (κ1) is 19.8. The first-order chi connectivity index (χ1) is 15.1. The van der Waals surface area contributed by atoms with E-state index in [-0.39, 0.29) is 24.3 Å². The van der Waals surface area contributed by atoms with Crippen LogP contribution in [0, 0.1) is 6.92 Å². The summed E-state index contributed by atoms with van der Waals surface area (Å²) in [6.07, 6.45) is 0.392. The van der Waals surface area contributed by atoms with E-state index in [2.05, 4.69) is 0 Å². The fraction of sp³-hybridized carbons (Fsp3) is 0.375. The summed E-state index contributed by atoms with van der Waals surface area (Å²) in [6, 6.07) is 15.8. The van der Waals surface area contributed by atoms with Crippen molar-refractivity contribution in [3.63, 3.8) is 0 Å². The normalized spacial score (nSPS) is 19.4. The number of para-hydroxylation sites is 3. The molecular weight excluding hydrogens is 392 g/mol. The van der Waals surface area contributed by atoms with Gasteiger partial charge >= 0.3 is 0 Å². The Morgan fingerprint density at radius 2 is 1.84 bits per heavy atom. The second kappa shape index (κ2) is 8.15. The smallest absolute Gasteiger partial charge is 0.242 e. The number of ether oxygens (including phenoxy) is 1. The number of rotatable bonds is 4. The highest BCUT2D eigenvalue weighted by Crippen LogP contribution is 2.34. The summed E-state index contributed by atoms with van der Waals surface area (Å²) in [4.78, 5) is 34.5. The molecule has 0 aliphatic carbocycles. The maximum atomic E-state index is 13.0. The van der Waals surface area contributed by atoms with Gasteiger partial charge in [0.2, 0.25) is 11.8 Å². The lowest BCUT2D eigenvalue weighted by Gasteiger charge is -2.27. The number of carbonyl (C=O) groups excluding carboxylic acids is 2. The number of fused-ring (bicyclic) bond motifs is 1. The van der Waals surface area contributed by atoms with Crippen molar-refractivity contribution in [3.05, 3.63) is 59.9 Å². The van der Waals surface area contributed by atoms with Gasteiger partial charge in [0.25, 0.3) is 0 Å². The Morgan fingerprint density at radius 3 is 2.65 bits per heavy atom. The van der Waals surface area contributed by atoms with Gasteiger partial charge in [-0.1, -0.05) is 30.3 Å². The van der Waals surface area contributed by atoms with Crippen LogP contribution < -0.4 is 4.90 Å². The summed E-state index contributed by atoms with van der Waals surface area (Å²) in [7, 11) is 0. The number of aromatic nitrogens is 2. The highest BCUT2D eigenvalue weighted by molar-refractivity contribution is 5.97. The lowest BCUT2D eigenvalue weighted by Crippen LogP contribution is -2.42. The summed E-state index contributed by atoms with van der Waals surface area (Å²) < 4.78 is 7.39. The Kier molecular flexibility index (Phi) is 5.19. The van der Waals surface area contributed by atoms with Gasteiger partial charge in [-0.25, -0.2) is 4.98 Å². The average molecular weight is 418 g/mol. The van der Waals surface area contributed by atoms with Crippen LogP contribution in [-0.2, 0) is 20.9 Å². The standard InChI is InChI=1S/C24H26N4O3/c1-17-6-2-4-8-20(17)27-15-18(14-22(27)29)24-25-19-7-3-5-9-21(19)28(24)16-23(30)26-10-12-31-13-11-26/h2-9,18H,10-16H2,1H3/t18-/m1/s1. The lowest BCUT2D eigenvalue weighted by molar-refractivity contribution is -0.135. The second-order valence-corrected chi connectivity index (χ2v) is 8.23. The Morgan fingerprint density at radius 1 is 1.10 bits per heavy atom. The zero-order valence-electron chi connectivity index (χ0n) is 17.7. The molecule has 0 radical (unpaired) electrons. The number of hydrogen-bond acceptors (Lipinski definition) is 4. The summed E-state index contributed by atoms with van der Waals surface area (Å²) >= 11 is 0. The number of anilines is 1. The molecule has 7 nitrogen and oxygen atoms in total. The van der Waals surface area contributed by atoms with Crippen molar-refractivity contribution in [2.45, 2.75) is 25.8 Å². The molecular formula is C24H26N4O3. The Bertz CT molecular complexity index is 1130. The van der Waals surface area contributed by atoms with Crippen LogP contribution in [0.25, 0.3) is 11.0 Å². The number of imidazole rings is 1. The fourth-order valence-corrected chi connectivity index (χ4v) is 4.60. The van der Waals surface area contributed by atoms with Crippen molar-refractivity contribution in [1.82, 2.24) is 14.5 Å². The van der Waals surface area contributed by atoms with Gasteiger partial charge in [0.15, 0.2) is 0 Å². The molecule has 3 aromatic rings. The molecule has 0 unspecified atom stereocenters. The zero-order valence-corrected chi connectivity index (χ0v) is 17.7. The largest absolute Gasteiger partial charge is 0.378 e. The van der Waals surface area contributed by atoms with Crippen LogP contribution in [0.5, 0.6) is 0 Å². The van der Waals surface area contributed by atoms with Crippen LogP contribution in [0.15, 0.2) is 48.5 Å². The molecule has 0 bridgehead atoms. The third kappa shape index (κ3) is 3.70. The lowest BCUT2D eigenvalue weighted by atomic mass is 10.1. The van der Waals surface area contributed by atoms with Gasteiger partial charge in [-0.3, -0.25) is 9.59 Å². The van der Waals surface area contributed by atoms with Crippen LogP contribution in [0.4, 0.5) is 5.69 Å². The van der Waals surface area contributed by atoms with Gasteiger partial charge < -0.3 is 19.1 Å². The van der Waals surface area contributed by atoms with Gasteiger partial charge in [-0.2, -0.15) is 0 Å². The van der Waals surface area contributed by atoms with Crippen LogP contribution in [0.1, 0.15) is 23.7 Å². The van der Waals surface area contributed by atoms with Crippen LogP contribution in [0.2, 0.25) is 0 Å². The minimum Gasteiger partial charge on any atom is -0.378 e. The average Bonchev–Trinajstić information content (AvgIpc) is 3.35. The van der Waals surface area contributed by atoms with Crippen molar-refractivity contribution in [2.75, 3.05) is 37.7 Å². The molecule has 3 heterocycles. The van der Waals surface area contributed by atoms with Gasteiger partial charge in [-0.15, -0.1) is 0 Å². The van der Waals surface area contributed by atoms with E-state index in [0.29, 0.717) is 39.3 Å². The van der Waals surface area contributed by atoms with Gasteiger partial charge in [-0.05, 0) is 30.7 Å². The van der Waals surface area contributed by atoms with Crippen LogP contribution in [0.3, 0.4) is 0 Å². The zero-order chi connectivity index (χ0) is 21.4. The van der Waals surface area contributed by atoms with Gasteiger partial charge in [0, 0.05) is 37.7 Å².